The number of fused-ring (bicyclic) bond motifs is 1. The van der Waals surface area contributed by atoms with Crippen molar-refractivity contribution in [3.05, 3.63) is 51.7 Å². The summed E-state index contributed by atoms with van der Waals surface area (Å²) in [6.07, 6.45) is 0. The van der Waals surface area contributed by atoms with Crippen molar-refractivity contribution in [1.29, 1.82) is 5.41 Å². The Morgan fingerprint density at radius 1 is 1.24 bits per heavy atom. The fourth-order valence-corrected chi connectivity index (χ4v) is 3.08. The highest BCUT2D eigenvalue weighted by atomic mass is 32.1. The number of esters is 1. The van der Waals surface area contributed by atoms with Crippen LogP contribution in [-0.4, -0.2) is 26.1 Å². The van der Waals surface area contributed by atoms with Gasteiger partial charge in [-0.25, -0.2) is 4.79 Å². The number of amides is 1. The number of carbonyl (C=O) groups excluding carboxylic acids is 2. The lowest BCUT2D eigenvalue weighted by molar-refractivity contribution is 0.0607. The van der Waals surface area contributed by atoms with E-state index in [0.717, 1.165) is 11.3 Å². The average Bonchev–Trinajstić information content (AvgIpc) is 3.07. The second kappa shape index (κ2) is 6.78. The summed E-state index contributed by atoms with van der Waals surface area (Å²) in [4.78, 5) is 24.5. The quantitative estimate of drug-likeness (QED) is 0.698. The zero-order valence-corrected chi connectivity index (χ0v) is 14.2. The van der Waals surface area contributed by atoms with Crippen molar-refractivity contribution < 1.29 is 23.5 Å². The Morgan fingerprint density at radius 2 is 2.04 bits per heavy atom. The highest BCUT2D eigenvalue weighted by Gasteiger charge is 2.18. The van der Waals surface area contributed by atoms with Crippen LogP contribution in [-0.2, 0) is 4.74 Å². The molecular formula is C17H14N2O5S. The van der Waals surface area contributed by atoms with Crippen LogP contribution in [0.4, 0.5) is 5.69 Å². The minimum absolute atomic E-state index is 0.0442. The maximum Gasteiger partial charge on any atom is 0.350 e. The molecule has 0 spiro atoms. The Bertz CT molecular complexity index is 1020. The van der Waals surface area contributed by atoms with Gasteiger partial charge in [0.1, 0.15) is 10.4 Å². The third-order valence-electron chi connectivity index (χ3n) is 3.51. The molecule has 0 aliphatic rings. The maximum absolute atomic E-state index is 12.5. The number of hydrogen-bond acceptors (Lipinski definition) is 7. The van der Waals surface area contributed by atoms with Crippen molar-refractivity contribution in [3.63, 3.8) is 0 Å². The largest absolute Gasteiger partial charge is 0.493 e. The van der Waals surface area contributed by atoms with Gasteiger partial charge >= 0.3 is 5.97 Å². The smallest absolute Gasteiger partial charge is 0.350 e. The fraction of sp³-hybridized carbons (Fsp3) is 0.118. The van der Waals surface area contributed by atoms with Gasteiger partial charge in [-0.2, -0.15) is 0 Å². The first-order chi connectivity index (χ1) is 12.0. The number of rotatable bonds is 4. The van der Waals surface area contributed by atoms with Crippen molar-refractivity contribution in [2.24, 2.45) is 0 Å². The molecule has 8 heteroatoms. The Balaban J connectivity index is 1.98. The number of nitrogens with one attached hydrogen (secondary N) is 2. The number of thiophene rings is 1. The summed E-state index contributed by atoms with van der Waals surface area (Å²) < 4.78 is 15.3. The lowest BCUT2D eigenvalue weighted by Gasteiger charge is -2.08. The van der Waals surface area contributed by atoms with Gasteiger partial charge in [0, 0.05) is 5.39 Å². The van der Waals surface area contributed by atoms with Gasteiger partial charge in [-0.3, -0.25) is 10.2 Å². The summed E-state index contributed by atoms with van der Waals surface area (Å²) in [5.74, 6) is -0.616. The number of anilines is 1. The number of benzene rings is 1. The molecule has 0 aliphatic heterocycles. The van der Waals surface area contributed by atoms with Crippen LogP contribution >= 0.6 is 11.3 Å². The maximum atomic E-state index is 12.5. The van der Waals surface area contributed by atoms with E-state index in [-0.39, 0.29) is 16.0 Å². The fourth-order valence-electron chi connectivity index (χ4n) is 2.31. The van der Waals surface area contributed by atoms with E-state index in [4.69, 9.17) is 14.6 Å². The monoisotopic (exact) mass is 358 g/mol. The SMILES string of the molecule is COC(=O)c1sccc1NC(=O)c1cc2cccc(OC)c2oc1=N. The van der Waals surface area contributed by atoms with E-state index >= 15 is 0 Å². The van der Waals surface area contributed by atoms with Crippen molar-refractivity contribution in [2.75, 3.05) is 19.5 Å². The minimum Gasteiger partial charge on any atom is -0.493 e. The van der Waals surface area contributed by atoms with Gasteiger partial charge in [0.2, 0.25) is 5.55 Å². The highest BCUT2D eigenvalue weighted by Crippen LogP contribution is 2.26. The van der Waals surface area contributed by atoms with E-state index in [1.807, 2.05) is 0 Å². The van der Waals surface area contributed by atoms with Gasteiger partial charge in [0.25, 0.3) is 5.91 Å². The molecule has 0 bridgehead atoms. The Kier molecular flexibility index (Phi) is 4.53. The van der Waals surface area contributed by atoms with Crippen LogP contribution in [0.1, 0.15) is 20.0 Å². The van der Waals surface area contributed by atoms with E-state index in [9.17, 15) is 9.59 Å². The molecule has 0 saturated carbocycles. The molecule has 0 atom stereocenters. The summed E-state index contributed by atoms with van der Waals surface area (Å²) in [5.41, 5.74) is 0.455. The molecule has 0 unspecified atom stereocenters. The predicted octanol–water partition coefficient (Wildman–Crippen LogP) is 3.02. The Labute approximate surface area is 146 Å². The van der Waals surface area contributed by atoms with E-state index in [1.54, 1.807) is 35.7 Å². The molecule has 1 amide bonds. The number of ether oxygens (including phenoxy) is 2. The zero-order chi connectivity index (χ0) is 18.0. The van der Waals surface area contributed by atoms with Crippen molar-refractivity contribution in [3.8, 4) is 5.75 Å². The molecule has 7 nitrogen and oxygen atoms in total. The average molecular weight is 358 g/mol. The molecule has 0 radical (unpaired) electrons. The third kappa shape index (κ3) is 3.11. The first kappa shape index (κ1) is 16.7. The van der Waals surface area contributed by atoms with E-state index in [0.29, 0.717) is 22.4 Å². The summed E-state index contributed by atoms with van der Waals surface area (Å²) in [5, 5.41) is 12.9. The Morgan fingerprint density at radius 3 is 2.76 bits per heavy atom. The van der Waals surface area contributed by atoms with Crippen molar-refractivity contribution in [2.45, 2.75) is 0 Å². The molecule has 128 valence electrons. The van der Waals surface area contributed by atoms with Crippen LogP contribution in [0.25, 0.3) is 11.0 Å². The summed E-state index contributed by atoms with van der Waals surface area (Å²) in [7, 11) is 2.77. The topological polar surface area (TPSA) is 102 Å². The molecule has 0 aliphatic carbocycles. The van der Waals surface area contributed by atoms with Crippen LogP contribution < -0.4 is 15.6 Å². The molecule has 0 fully saturated rings. The standard InChI is InChI=1S/C17H14N2O5S/c1-22-12-5-3-4-9-8-10(15(18)24-13(9)12)16(20)19-11-6-7-25-14(11)17(21)23-2/h3-8,18H,1-2H3,(H,19,20). The van der Waals surface area contributed by atoms with E-state index in [1.165, 1.54) is 14.2 Å². The second-order valence-electron chi connectivity index (χ2n) is 4.98. The van der Waals surface area contributed by atoms with Gasteiger partial charge in [-0.15, -0.1) is 11.3 Å². The van der Waals surface area contributed by atoms with E-state index in [2.05, 4.69) is 10.1 Å². The van der Waals surface area contributed by atoms with Gasteiger partial charge in [0.05, 0.1) is 19.9 Å². The van der Waals surface area contributed by atoms with Gasteiger partial charge in [-0.1, -0.05) is 12.1 Å². The number of carbonyl (C=O) groups is 2. The van der Waals surface area contributed by atoms with Gasteiger partial charge < -0.3 is 19.2 Å². The summed E-state index contributed by atoms with van der Waals surface area (Å²) in [6, 6.07) is 8.36. The molecule has 2 N–H and O–H groups in total. The lowest BCUT2D eigenvalue weighted by Crippen LogP contribution is -2.21. The van der Waals surface area contributed by atoms with Gasteiger partial charge in [-0.05, 0) is 23.6 Å². The van der Waals surface area contributed by atoms with Crippen molar-refractivity contribution in [1.82, 2.24) is 0 Å². The number of methoxy groups -OCH3 is 2. The van der Waals surface area contributed by atoms with E-state index < -0.39 is 11.9 Å². The third-order valence-corrected chi connectivity index (χ3v) is 4.40. The zero-order valence-electron chi connectivity index (χ0n) is 13.4. The molecule has 0 saturated heterocycles. The van der Waals surface area contributed by atoms with Crippen LogP contribution in [0.3, 0.4) is 0 Å². The second-order valence-corrected chi connectivity index (χ2v) is 5.89. The normalized spacial score (nSPS) is 10.5. The van der Waals surface area contributed by atoms with Gasteiger partial charge in [0.15, 0.2) is 11.3 Å². The molecular weight excluding hydrogens is 344 g/mol. The molecule has 25 heavy (non-hydrogen) atoms. The predicted molar refractivity (Wildman–Crippen MR) is 92.2 cm³/mol. The summed E-state index contributed by atoms with van der Waals surface area (Å²) in [6.45, 7) is 0. The highest BCUT2D eigenvalue weighted by molar-refractivity contribution is 7.12. The molecule has 3 aromatic rings. The minimum atomic E-state index is -0.554. The summed E-state index contributed by atoms with van der Waals surface area (Å²) >= 11 is 1.15. The van der Waals surface area contributed by atoms with Crippen LogP contribution in [0.2, 0.25) is 0 Å². The first-order valence-electron chi connectivity index (χ1n) is 7.17. The first-order valence-corrected chi connectivity index (χ1v) is 8.05. The van der Waals surface area contributed by atoms with Crippen LogP contribution in [0.15, 0.2) is 40.1 Å². The van der Waals surface area contributed by atoms with Crippen LogP contribution in [0, 0.1) is 5.41 Å². The molecule has 2 aromatic heterocycles. The number of hydrogen-bond donors (Lipinski definition) is 2. The van der Waals surface area contributed by atoms with Crippen molar-refractivity contribution >= 4 is 39.9 Å². The molecule has 1 aromatic carbocycles. The van der Waals surface area contributed by atoms with Crippen LogP contribution in [0.5, 0.6) is 5.75 Å². The number of para-hydroxylation sites is 1. The Hall–Kier alpha value is -3.13. The molecule has 3 rings (SSSR count). The lowest BCUT2D eigenvalue weighted by atomic mass is 10.1. The molecule has 2 heterocycles.